The Labute approximate surface area is 134 Å². The SMILES string of the molecule is CC1CCN(Cc2cccc(O)c2)CC1.[Ac]. The fourth-order valence-corrected chi connectivity index (χ4v) is 2.13. The quantitative estimate of drug-likeness (QED) is 0.777. The molecular formula is C13H19AcNO. The van der Waals surface area contributed by atoms with Crippen LogP contribution in [0, 0.1) is 50.0 Å². The van der Waals surface area contributed by atoms with Gasteiger partial charge in [-0.25, -0.2) is 0 Å². The summed E-state index contributed by atoms with van der Waals surface area (Å²) in [4.78, 5) is 2.47. The molecule has 1 aliphatic rings. The molecule has 1 N–H and O–H groups in total. The largest absolute Gasteiger partial charge is 0.508 e. The maximum Gasteiger partial charge on any atom is 0.115 e. The van der Waals surface area contributed by atoms with Gasteiger partial charge in [0.15, 0.2) is 0 Å². The van der Waals surface area contributed by atoms with E-state index in [1.807, 2.05) is 12.1 Å². The Morgan fingerprint density at radius 3 is 2.62 bits per heavy atom. The summed E-state index contributed by atoms with van der Waals surface area (Å²) >= 11 is 0. The first-order valence-corrected chi connectivity index (χ1v) is 5.74. The Kier molecular flexibility index (Phi) is 6.33. The molecule has 0 aromatic heterocycles. The maximum absolute atomic E-state index is 9.37. The summed E-state index contributed by atoms with van der Waals surface area (Å²) in [6, 6.07) is 7.58. The normalized spacial score (nSPS) is 18.1. The standard InChI is InChI=1S/C13H19NO.Ac/c1-11-5-7-14(8-6-11)10-12-3-2-4-13(15)9-12;/h2-4,9,11,15H,5-8,10H2,1H3;. The van der Waals surface area contributed by atoms with Crippen LogP contribution in [0.4, 0.5) is 0 Å². The Morgan fingerprint density at radius 1 is 1.31 bits per heavy atom. The number of rotatable bonds is 2. The molecule has 0 aliphatic carbocycles. The average molecular weight is 432 g/mol. The van der Waals surface area contributed by atoms with E-state index in [1.54, 1.807) is 6.07 Å². The molecule has 1 heterocycles. The molecule has 1 aromatic rings. The van der Waals surface area contributed by atoms with E-state index in [4.69, 9.17) is 0 Å². The van der Waals surface area contributed by atoms with E-state index in [0.717, 1.165) is 12.5 Å². The molecule has 0 atom stereocenters. The summed E-state index contributed by atoms with van der Waals surface area (Å²) in [7, 11) is 0. The third kappa shape index (κ3) is 4.36. The van der Waals surface area contributed by atoms with Crippen molar-refractivity contribution in [3.05, 3.63) is 29.8 Å². The molecule has 2 nitrogen and oxygen atoms in total. The van der Waals surface area contributed by atoms with Crippen LogP contribution in [-0.2, 0) is 6.54 Å². The van der Waals surface area contributed by atoms with Gasteiger partial charge in [0.25, 0.3) is 0 Å². The van der Waals surface area contributed by atoms with Gasteiger partial charge in [-0.15, -0.1) is 0 Å². The number of hydrogen-bond donors (Lipinski definition) is 1. The van der Waals surface area contributed by atoms with Gasteiger partial charge in [0.1, 0.15) is 5.75 Å². The molecule has 0 spiro atoms. The van der Waals surface area contributed by atoms with Gasteiger partial charge in [0.2, 0.25) is 0 Å². The molecule has 1 radical (unpaired) electrons. The van der Waals surface area contributed by atoms with E-state index < -0.39 is 0 Å². The van der Waals surface area contributed by atoms with Gasteiger partial charge in [-0.2, -0.15) is 0 Å². The fraction of sp³-hybridized carbons (Fsp3) is 0.538. The Hall–Kier alpha value is 0.422. The number of hydrogen-bond acceptors (Lipinski definition) is 2. The van der Waals surface area contributed by atoms with Crippen molar-refractivity contribution in [2.45, 2.75) is 26.3 Å². The molecule has 0 bridgehead atoms. The van der Waals surface area contributed by atoms with Gasteiger partial charge in [0.05, 0.1) is 0 Å². The van der Waals surface area contributed by atoms with Gasteiger partial charge in [0, 0.05) is 50.6 Å². The van der Waals surface area contributed by atoms with E-state index in [1.165, 1.54) is 31.5 Å². The zero-order valence-corrected chi connectivity index (χ0v) is 14.6. The van der Waals surface area contributed by atoms with Crippen LogP contribution in [0.3, 0.4) is 0 Å². The molecule has 1 fully saturated rings. The predicted octanol–water partition coefficient (Wildman–Crippen LogP) is 2.62. The van der Waals surface area contributed by atoms with Crippen LogP contribution in [0.2, 0.25) is 0 Å². The van der Waals surface area contributed by atoms with Crippen molar-refractivity contribution in [2.24, 2.45) is 5.92 Å². The van der Waals surface area contributed by atoms with Crippen LogP contribution in [0.25, 0.3) is 0 Å². The van der Waals surface area contributed by atoms with Crippen LogP contribution in [0.1, 0.15) is 25.3 Å². The van der Waals surface area contributed by atoms with Crippen LogP contribution < -0.4 is 0 Å². The third-order valence-corrected chi connectivity index (χ3v) is 3.19. The van der Waals surface area contributed by atoms with E-state index in [9.17, 15) is 5.11 Å². The van der Waals surface area contributed by atoms with Crippen LogP contribution in [0.15, 0.2) is 24.3 Å². The second-order valence-electron chi connectivity index (χ2n) is 4.63. The Morgan fingerprint density at radius 2 is 2.00 bits per heavy atom. The van der Waals surface area contributed by atoms with E-state index in [2.05, 4.69) is 17.9 Å². The number of aromatic hydroxyl groups is 1. The molecule has 1 saturated heterocycles. The maximum atomic E-state index is 9.37. The van der Waals surface area contributed by atoms with E-state index in [0.29, 0.717) is 5.75 Å². The minimum absolute atomic E-state index is 0. The molecule has 1 aromatic carbocycles. The van der Waals surface area contributed by atoms with Gasteiger partial charge >= 0.3 is 0 Å². The number of phenols is 1. The van der Waals surface area contributed by atoms with Crippen LogP contribution >= 0.6 is 0 Å². The van der Waals surface area contributed by atoms with Crippen molar-refractivity contribution in [1.82, 2.24) is 4.90 Å². The molecule has 0 unspecified atom stereocenters. The summed E-state index contributed by atoms with van der Waals surface area (Å²) < 4.78 is 0. The molecular weight excluding hydrogens is 413 g/mol. The van der Waals surface area contributed by atoms with Gasteiger partial charge in [-0.3, -0.25) is 4.90 Å². The monoisotopic (exact) mass is 432 g/mol. The zero-order chi connectivity index (χ0) is 10.7. The molecule has 2 rings (SSSR count). The molecule has 0 saturated carbocycles. The molecule has 3 heteroatoms. The summed E-state index contributed by atoms with van der Waals surface area (Å²) in [5, 5.41) is 9.37. The summed E-state index contributed by atoms with van der Waals surface area (Å²) in [5.74, 6) is 1.25. The number of benzene rings is 1. The first kappa shape index (κ1) is 14.5. The van der Waals surface area contributed by atoms with Gasteiger partial charge < -0.3 is 5.11 Å². The topological polar surface area (TPSA) is 23.5 Å². The number of nitrogens with zero attached hydrogens (tertiary/aromatic N) is 1. The second-order valence-corrected chi connectivity index (χ2v) is 4.63. The molecule has 16 heavy (non-hydrogen) atoms. The third-order valence-electron chi connectivity index (χ3n) is 3.19. The van der Waals surface area contributed by atoms with Crippen molar-refractivity contribution in [2.75, 3.05) is 13.1 Å². The number of likely N-dealkylation sites (tertiary alicyclic amines) is 1. The second kappa shape index (κ2) is 6.99. The van der Waals surface area contributed by atoms with E-state index in [-0.39, 0.29) is 44.1 Å². The number of piperidine rings is 1. The van der Waals surface area contributed by atoms with Crippen molar-refractivity contribution in [3.8, 4) is 5.75 Å². The predicted molar refractivity (Wildman–Crippen MR) is 61.8 cm³/mol. The van der Waals surface area contributed by atoms with E-state index >= 15 is 0 Å². The van der Waals surface area contributed by atoms with Gasteiger partial charge in [-0.1, -0.05) is 19.1 Å². The van der Waals surface area contributed by atoms with Crippen molar-refractivity contribution >= 4 is 0 Å². The minimum atomic E-state index is 0. The van der Waals surface area contributed by atoms with Crippen molar-refractivity contribution in [1.29, 1.82) is 0 Å². The average Bonchev–Trinajstić information content (AvgIpc) is 2.22. The van der Waals surface area contributed by atoms with Gasteiger partial charge in [-0.05, 0) is 49.5 Å². The molecule has 1 aliphatic heterocycles. The smallest absolute Gasteiger partial charge is 0.115 e. The van der Waals surface area contributed by atoms with Crippen LogP contribution in [0.5, 0.6) is 5.75 Å². The molecule has 0 amide bonds. The summed E-state index contributed by atoms with van der Waals surface area (Å²) in [6.45, 7) is 5.68. The Balaban J connectivity index is 0.00000128. The Bertz CT molecular complexity index is 321. The van der Waals surface area contributed by atoms with Crippen LogP contribution in [-0.4, -0.2) is 23.1 Å². The number of phenolic OH excluding ortho intramolecular Hbond substituents is 1. The fourth-order valence-electron chi connectivity index (χ4n) is 2.13. The zero-order valence-electron chi connectivity index (χ0n) is 9.89. The summed E-state index contributed by atoms with van der Waals surface area (Å²) in [5.41, 5.74) is 1.21. The summed E-state index contributed by atoms with van der Waals surface area (Å²) in [6.07, 6.45) is 2.61. The molecule has 85 valence electrons. The first-order chi connectivity index (χ1) is 7.24. The minimum Gasteiger partial charge on any atom is -0.508 e. The van der Waals surface area contributed by atoms with Crippen molar-refractivity contribution in [3.63, 3.8) is 0 Å². The van der Waals surface area contributed by atoms with Crippen molar-refractivity contribution < 1.29 is 49.2 Å². The first-order valence-electron chi connectivity index (χ1n) is 5.74.